The van der Waals surface area contributed by atoms with E-state index < -0.39 is 0 Å². The monoisotopic (exact) mass is 299 g/mol. The molecule has 1 amide bonds. The van der Waals surface area contributed by atoms with E-state index in [2.05, 4.69) is 5.32 Å². The number of anilines is 1. The Morgan fingerprint density at radius 1 is 1.18 bits per heavy atom. The first kappa shape index (κ1) is 15.8. The van der Waals surface area contributed by atoms with E-state index in [-0.39, 0.29) is 17.8 Å². The van der Waals surface area contributed by atoms with Gasteiger partial charge in [0, 0.05) is 17.8 Å². The van der Waals surface area contributed by atoms with Crippen LogP contribution in [0.5, 0.6) is 5.75 Å². The largest absolute Gasteiger partial charge is 0.491 e. The number of carbonyl (C=O) groups excluding carboxylic acids is 1. The second kappa shape index (κ2) is 7.41. The summed E-state index contributed by atoms with van der Waals surface area (Å²) in [6.07, 6.45) is 3.11. The lowest BCUT2D eigenvalue weighted by atomic mass is 10.2. The highest BCUT2D eigenvalue weighted by Gasteiger charge is 2.02. The topological polar surface area (TPSA) is 38.3 Å². The molecule has 2 aromatic rings. The molecule has 0 aliphatic carbocycles. The summed E-state index contributed by atoms with van der Waals surface area (Å²) >= 11 is 0. The van der Waals surface area contributed by atoms with Crippen LogP contribution in [0.1, 0.15) is 19.4 Å². The minimum Gasteiger partial charge on any atom is -0.491 e. The van der Waals surface area contributed by atoms with Crippen molar-refractivity contribution in [1.29, 1.82) is 0 Å². The fourth-order valence-electron chi connectivity index (χ4n) is 1.85. The third-order valence-electron chi connectivity index (χ3n) is 2.77. The lowest BCUT2D eigenvalue weighted by Crippen LogP contribution is -2.09. The third-order valence-corrected chi connectivity index (χ3v) is 2.77. The van der Waals surface area contributed by atoms with E-state index in [1.54, 1.807) is 30.3 Å². The van der Waals surface area contributed by atoms with Crippen molar-refractivity contribution in [2.75, 3.05) is 5.32 Å². The standard InChI is InChI=1S/C18H18FNO2/c1-13(2)22-17-5-3-4-16(12-17)20-18(21)11-8-14-6-9-15(19)10-7-14/h3-13H,1-2H3,(H,20,21). The molecule has 2 aromatic carbocycles. The molecule has 4 heteroatoms. The summed E-state index contributed by atoms with van der Waals surface area (Å²) in [6.45, 7) is 3.88. The van der Waals surface area contributed by atoms with Crippen molar-refractivity contribution in [3.63, 3.8) is 0 Å². The first-order valence-electron chi connectivity index (χ1n) is 7.04. The number of amides is 1. The smallest absolute Gasteiger partial charge is 0.248 e. The summed E-state index contributed by atoms with van der Waals surface area (Å²) < 4.78 is 18.4. The van der Waals surface area contributed by atoms with Crippen LogP contribution < -0.4 is 10.1 Å². The molecule has 0 aliphatic rings. The molecule has 114 valence electrons. The Morgan fingerprint density at radius 3 is 2.59 bits per heavy atom. The highest BCUT2D eigenvalue weighted by atomic mass is 19.1. The Kier molecular flexibility index (Phi) is 5.31. The molecule has 0 heterocycles. The van der Waals surface area contributed by atoms with E-state index in [1.807, 2.05) is 26.0 Å². The second-order valence-corrected chi connectivity index (χ2v) is 5.07. The summed E-state index contributed by atoms with van der Waals surface area (Å²) in [6, 6.07) is 13.1. The molecule has 0 spiro atoms. The molecule has 0 unspecified atom stereocenters. The molecule has 0 aromatic heterocycles. The van der Waals surface area contributed by atoms with Crippen molar-refractivity contribution in [3.8, 4) is 5.75 Å². The van der Waals surface area contributed by atoms with E-state index in [0.29, 0.717) is 11.4 Å². The van der Waals surface area contributed by atoms with Crippen LogP contribution in [-0.4, -0.2) is 12.0 Å². The van der Waals surface area contributed by atoms with Gasteiger partial charge in [-0.2, -0.15) is 0 Å². The SMILES string of the molecule is CC(C)Oc1cccc(NC(=O)C=Cc2ccc(F)cc2)c1. The zero-order chi connectivity index (χ0) is 15.9. The van der Waals surface area contributed by atoms with Gasteiger partial charge in [0.2, 0.25) is 5.91 Å². The Balaban J connectivity index is 1.98. The van der Waals surface area contributed by atoms with E-state index in [4.69, 9.17) is 4.74 Å². The summed E-state index contributed by atoms with van der Waals surface area (Å²) in [5.41, 5.74) is 1.42. The molecule has 22 heavy (non-hydrogen) atoms. The van der Waals surface area contributed by atoms with Gasteiger partial charge in [-0.05, 0) is 49.8 Å². The van der Waals surface area contributed by atoms with Gasteiger partial charge < -0.3 is 10.1 Å². The summed E-state index contributed by atoms with van der Waals surface area (Å²) in [7, 11) is 0. The van der Waals surface area contributed by atoms with Crippen molar-refractivity contribution in [1.82, 2.24) is 0 Å². The number of halogens is 1. The van der Waals surface area contributed by atoms with Gasteiger partial charge in [0.25, 0.3) is 0 Å². The Labute approximate surface area is 129 Å². The van der Waals surface area contributed by atoms with Crippen LogP contribution in [0.4, 0.5) is 10.1 Å². The van der Waals surface area contributed by atoms with Crippen LogP contribution in [0, 0.1) is 5.82 Å². The van der Waals surface area contributed by atoms with Gasteiger partial charge >= 0.3 is 0 Å². The van der Waals surface area contributed by atoms with Gasteiger partial charge in [-0.3, -0.25) is 4.79 Å². The quantitative estimate of drug-likeness (QED) is 0.838. The lowest BCUT2D eigenvalue weighted by Gasteiger charge is -2.10. The van der Waals surface area contributed by atoms with Crippen molar-refractivity contribution in [2.45, 2.75) is 20.0 Å². The van der Waals surface area contributed by atoms with Crippen LogP contribution in [0.3, 0.4) is 0 Å². The molecule has 0 saturated heterocycles. The third kappa shape index (κ3) is 5.05. The second-order valence-electron chi connectivity index (χ2n) is 5.07. The van der Waals surface area contributed by atoms with Crippen molar-refractivity contribution in [3.05, 3.63) is 66.0 Å². The van der Waals surface area contributed by atoms with Crippen LogP contribution in [0.25, 0.3) is 6.08 Å². The Morgan fingerprint density at radius 2 is 1.91 bits per heavy atom. The van der Waals surface area contributed by atoms with E-state index in [0.717, 1.165) is 5.56 Å². The molecular formula is C18H18FNO2. The molecule has 3 nitrogen and oxygen atoms in total. The predicted octanol–water partition coefficient (Wildman–Crippen LogP) is 4.26. The number of carbonyl (C=O) groups is 1. The normalized spacial score (nSPS) is 10.9. The average Bonchev–Trinajstić information content (AvgIpc) is 2.46. The maximum Gasteiger partial charge on any atom is 0.248 e. The first-order chi connectivity index (χ1) is 10.5. The van der Waals surface area contributed by atoms with Gasteiger partial charge in [0.1, 0.15) is 11.6 Å². The maximum atomic E-state index is 12.8. The fraction of sp³-hybridized carbons (Fsp3) is 0.167. The molecule has 0 fully saturated rings. The first-order valence-corrected chi connectivity index (χ1v) is 7.04. The number of benzene rings is 2. The van der Waals surface area contributed by atoms with Gasteiger partial charge in [0.15, 0.2) is 0 Å². The van der Waals surface area contributed by atoms with Crippen LogP contribution >= 0.6 is 0 Å². The van der Waals surface area contributed by atoms with Gasteiger partial charge in [-0.15, -0.1) is 0 Å². The molecule has 0 atom stereocenters. The van der Waals surface area contributed by atoms with Crippen LogP contribution in [0.15, 0.2) is 54.6 Å². The number of nitrogens with one attached hydrogen (secondary N) is 1. The fourth-order valence-corrected chi connectivity index (χ4v) is 1.85. The zero-order valence-electron chi connectivity index (χ0n) is 12.5. The number of ether oxygens (including phenoxy) is 1. The van der Waals surface area contributed by atoms with Crippen molar-refractivity contribution in [2.24, 2.45) is 0 Å². The maximum absolute atomic E-state index is 12.8. The van der Waals surface area contributed by atoms with Gasteiger partial charge in [-0.1, -0.05) is 18.2 Å². The summed E-state index contributed by atoms with van der Waals surface area (Å²) in [5, 5.41) is 2.76. The molecule has 0 bridgehead atoms. The summed E-state index contributed by atoms with van der Waals surface area (Å²) in [4.78, 5) is 11.9. The van der Waals surface area contributed by atoms with E-state index >= 15 is 0 Å². The lowest BCUT2D eigenvalue weighted by molar-refractivity contribution is -0.111. The Hall–Kier alpha value is -2.62. The highest BCUT2D eigenvalue weighted by molar-refractivity contribution is 6.02. The average molecular weight is 299 g/mol. The van der Waals surface area contributed by atoms with Crippen molar-refractivity contribution < 1.29 is 13.9 Å². The van der Waals surface area contributed by atoms with Crippen molar-refractivity contribution >= 4 is 17.7 Å². The van der Waals surface area contributed by atoms with Gasteiger partial charge in [0.05, 0.1) is 6.10 Å². The molecule has 2 rings (SSSR count). The minimum absolute atomic E-state index is 0.0734. The highest BCUT2D eigenvalue weighted by Crippen LogP contribution is 2.18. The Bertz CT molecular complexity index is 663. The molecular weight excluding hydrogens is 281 g/mol. The predicted molar refractivity (Wildman–Crippen MR) is 86.3 cm³/mol. The van der Waals surface area contributed by atoms with Crippen LogP contribution in [0.2, 0.25) is 0 Å². The molecule has 1 N–H and O–H groups in total. The minimum atomic E-state index is -0.302. The van der Waals surface area contributed by atoms with E-state index in [9.17, 15) is 9.18 Å². The summed E-state index contributed by atoms with van der Waals surface area (Å²) in [5.74, 6) is 0.143. The van der Waals surface area contributed by atoms with E-state index in [1.165, 1.54) is 18.2 Å². The molecule has 0 saturated carbocycles. The van der Waals surface area contributed by atoms with Gasteiger partial charge in [-0.25, -0.2) is 4.39 Å². The number of rotatable bonds is 5. The molecule has 0 aliphatic heterocycles. The zero-order valence-corrected chi connectivity index (χ0v) is 12.5. The number of hydrogen-bond acceptors (Lipinski definition) is 2. The molecule has 0 radical (unpaired) electrons. The van der Waals surface area contributed by atoms with Crippen LogP contribution in [-0.2, 0) is 4.79 Å². The number of hydrogen-bond donors (Lipinski definition) is 1.